The highest BCUT2D eigenvalue weighted by Gasteiger charge is 2.36. The number of hydrogen-bond donors (Lipinski definition) is 1. The largest absolute Gasteiger partial charge is 0.351 e. The number of non-ortho nitro benzene ring substituents is 1. The number of thiophene rings is 1. The molecule has 0 radical (unpaired) electrons. The van der Waals surface area contributed by atoms with Gasteiger partial charge in [0.1, 0.15) is 0 Å². The van der Waals surface area contributed by atoms with E-state index in [0.717, 1.165) is 25.7 Å². The molecule has 1 saturated carbocycles. The summed E-state index contributed by atoms with van der Waals surface area (Å²) in [6, 6.07) is 8.07. The summed E-state index contributed by atoms with van der Waals surface area (Å²) < 4.78 is 0. The van der Waals surface area contributed by atoms with Crippen LogP contribution in [0, 0.1) is 10.1 Å². The first kappa shape index (κ1) is 16.9. The third kappa shape index (κ3) is 3.30. The van der Waals surface area contributed by atoms with Gasteiger partial charge in [0.15, 0.2) is 0 Å². The van der Waals surface area contributed by atoms with Crippen molar-refractivity contribution in [3.05, 3.63) is 61.3 Å². The number of nitro benzene ring substituents is 1. The molecule has 1 heterocycles. The smallest absolute Gasteiger partial charge is 0.270 e. The van der Waals surface area contributed by atoms with Gasteiger partial charge in [-0.15, -0.1) is 11.3 Å². The van der Waals surface area contributed by atoms with Crippen molar-refractivity contribution in [2.24, 2.45) is 0 Å². The van der Waals surface area contributed by atoms with Crippen LogP contribution < -0.4 is 5.32 Å². The minimum Gasteiger partial charge on any atom is -0.351 e. The van der Waals surface area contributed by atoms with Gasteiger partial charge in [-0.25, -0.2) is 0 Å². The number of hydrogen-bond acceptors (Lipinski definition) is 4. The molecule has 126 valence electrons. The highest BCUT2D eigenvalue weighted by molar-refractivity contribution is 7.10. The third-order valence-electron chi connectivity index (χ3n) is 4.60. The maximum absolute atomic E-state index is 12.5. The average Bonchev–Trinajstić information content (AvgIpc) is 3.24. The van der Waals surface area contributed by atoms with Crippen molar-refractivity contribution < 1.29 is 9.72 Å². The van der Waals surface area contributed by atoms with E-state index in [2.05, 4.69) is 16.8 Å². The number of nitrogens with zero attached hydrogens (tertiary/aromatic N) is 1. The minimum absolute atomic E-state index is 0.00290. The molecule has 24 heavy (non-hydrogen) atoms. The highest BCUT2D eigenvalue weighted by Crippen LogP contribution is 2.42. The topological polar surface area (TPSA) is 72.2 Å². The molecule has 7 heteroatoms. The van der Waals surface area contributed by atoms with Gasteiger partial charge in [0, 0.05) is 29.0 Å². The van der Waals surface area contributed by atoms with Crippen LogP contribution >= 0.6 is 22.9 Å². The Morgan fingerprint density at radius 3 is 2.67 bits per heavy atom. The Bertz CT molecular complexity index is 755. The van der Waals surface area contributed by atoms with Crippen molar-refractivity contribution in [1.82, 2.24) is 5.32 Å². The van der Waals surface area contributed by atoms with Crippen molar-refractivity contribution in [2.75, 3.05) is 6.54 Å². The lowest BCUT2D eigenvalue weighted by Crippen LogP contribution is -2.38. The van der Waals surface area contributed by atoms with E-state index >= 15 is 0 Å². The minimum atomic E-state index is -0.530. The zero-order valence-electron chi connectivity index (χ0n) is 13.0. The summed E-state index contributed by atoms with van der Waals surface area (Å²) in [6.45, 7) is 0.555. The molecule has 3 rings (SSSR count). The van der Waals surface area contributed by atoms with Gasteiger partial charge in [-0.1, -0.05) is 30.5 Å². The quantitative estimate of drug-likeness (QED) is 0.624. The summed E-state index contributed by atoms with van der Waals surface area (Å²) in [6.07, 6.45) is 4.43. The Morgan fingerprint density at radius 1 is 1.33 bits per heavy atom. The fraction of sp³-hybridized carbons (Fsp3) is 0.353. The molecule has 0 saturated heterocycles. The molecule has 1 fully saturated rings. The van der Waals surface area contributed by atoms with E-state index in [0.29, 0.717) is 6.54 Å². The summed E-state index contributed by atoms with van der Waals surface area (Å²) in [5.41, 5.74) is 0.140. The number of carbonyl (C=O) groups is 1. The van der Waals surface area contributed by atoms with Gasteiger partial charge in [-0.3, -0.25) is 14.9 Å². The first-order valence-electron chi connectivity index (χ1n) is 7.78. The Hall–Kier alpha value is -1.92. The number of nitro groups is 1. The SMILES string of the molecule is O=C(NCC1(c2cccs2)CCCC1)c1ccc([N+](=O)[O-])cc1Cl. The second-order valence-electron chi connectivity index (χ2n) is 6.07. The average molecular weight is 365 g/mol. The van der Waals surface area contributed by atoms with E-state index in [1.807, 2.05) is 6.07 Å². The molecule has 0 spiro atoms. The number of nitrogens with one attached hydrogen (secondary N) is 1. The first-order chi connectivity index (χ1) is 11.5. The Labute approximate surface area is 148 Å². The van der Waals surface area contributed by atoms with Gasteiger partial charge in [0.25, 0.3) is 11.6 Å². The molecular formula is C17H17ClN2O3S. The molecule has 0 bridgehead atoms. The maximum atomic E-state index is 12.5. The Balaban J connectivity index is 1.74. The van der Waals surface area contributed by atoms with E-state index in [1.165, 1.54) is 23.1 Å². The fourth-order valence-electron chi connectivity index (χ4n) is 3.29. The molecule has 1 amide bonds. The zero-order valence-corrected chi connectivity index (χ0v) is 14.5. The van der Waals surface area contributed by atoms with E-state index in [1.54, 1.807) is 11.3 Å². The zero-order chi connectivity index (χ0) is 17.2. The van der Waals surface area contributed by atoms with Crippen LogP contribution in [0.25, 0.3) is 0 Å². The lowest BCUT2D eigenvalue weighted by Gasteiger charge is -2.28. The molecule has 2 aromatic rings. The summed E-state index contributed by atoms with van der Waals surface area (Å²) in [5, 5.41) is 15.9. The Kier molecular flexibility index (Phi) is 4.87. The number of rotatable bonds is 5. The number of amides is 1. The van der Waals surface area contributed by atoms with Crippen LogP contribution in [-0.4, -0.2) is 17.4 Å². The van der Waals surface area contributed by atoms with Crippen LogP contribution in [0.5, 0.6) is 0 Å². The van der Waals surface area contributed by atoms with Gasteiger partial charge < -0.3 is 5.32 Å². The maximum Gasteiger partial charge on any atom is 0.270 e. The highest BCUT2D eigenvalue weighted by atomic mass is 35.5. The van der Waals surface area contributed by atoms with Crippen LogP contribution in [0.3, 0.4) is 0 Å². The van der Waals surface area contributed by atoms with E-state index < -0.39 is 4.92 Å². The standard InChI is InChI=1S/C17H17ClN2O3S/c18-14-10-12(20(22)23)5-6-13(14)16(21)19-11-17(7-1-2-8-17)15-4-3-9-24-15/h3-6,9-10H,1-2,7-8,11H2,(H,19,21). The van der Waals surface area contributed by atoms with Crippen LogP contribution in [0.2, 0.25) is 5.02 Å². The van der Waals surface area contributed by atoms with Gasteiger partial charge in [0.2, 0.25) is 0 Å². The third-order valence-corrected chi connectivity index (χ3v) is 6.03. The number of benzene rings is 1. The van der Waals surface area contributed by atoms with Crippen LogP contribution in [0.4, 0.5) is 5.69 Å². The van der Waals surface area contributed by atoms with Gasteiger partial charge >= 0.3 is 0 Å². The van der Waals surface area contributed by atoms with Crippen molar-refractivity contribution in [2.45, 2.75) is 31.1 Å². The van der Waals surface area contributed by atoms with Crippen LogP contribution in [-0.2, 0) is 5.41 Å². The summed E-state index contributed by atoms with van der Waals surface area (Å²) in [7, 11) is 0. The molecule has 1 aromatic carbocycles. The monoisotopic (exact) mass is 364 g/mol. The molecule has 1 N–H and O–H groups in total. The molecule has 0 aliphatic heterocycles. The van der Waals surface area contributed by atoms with E-state index in [9.17, 15) is 14.9 Å². The molecule has 1 aromatic heterocycles. The Morgan fingerprint density at radius 2 is 2.08 bits per heavy atom. The predicted molar refractivity (Wildman–Crippen MR) is 94.9 cm³/mol. The van der Waals surface area contributed by atoms with E-state index in [-0.39, 0.29) is 27.6 Å². The molecule has 0 atom stereocenters. The van der Waals surface area contributed by atoms with Crippen molar-refractivity contribution in [1.29, 1.82) is 0 Å². The van der Waals surface area contributed by atoms with Crippen molar-refractivity contribution in [3.8, 4) is 0 Å². The van der Waals surface area contributed by atoms with Gasteiger partial charge in [0.05, 0.1) is 15.5 Å². The van der Waals surface area contributed by atoms with Crippen molar-refractivity contribution >= 4 is 34.5 Å². The lowest BCUT2D eigenvalue weighted by atomic mass is 9.84. The normalized spacial score (nSPS) is 16.0. The second kappa shape index (κ2) is 6.91. The van der Waals surface area contributed by atoms with Crippen molar-refractivity contribution in [3.63, 3.8) is 0 Å². The van der Waals surface area contributed by atoms with E-state index in [4.69, 9.17) is 11.6 Å². The molecule has 1 aliphatic carbocycles. The predicted octanol–water partition coefficient (Wildman–Crippen LogP) is 4.55. The second-order valence-corrected chi connectivity index (χ2v) is 7.42. The number of halogens is 1. The van der Waals surface area contributed by atoms with Crippen LogP contribution in [0.1, 0.15) is 40.9 Å². The molecule has 5 nitrogen and oxygen atoms in total. The summed E-state index contributed by atoms with van der Waals surface area (Å²) in [5.74, 6) is -0.294. The van der Waals surface area contributed by atoms with Gasteiger partial charge in [-0.2, -0.15) is 0 Å². The molecule has 1 aliphatic rings. The van der Waals surface area contributed by atoms with Gasteiger partial charge in [-0.05, 0) is 30.4 Å². The molecule has 0 unspecified atom stereocenters. The summed E-state index contributed by atoms with van der Waals surface area (Å²) in [4.78, 5) is 24.0. The molecular weight excluding hydrogens is 348 g/mol. The lowest BCUT2D eigenvalue weighted by molar-refractivity contribution is -0.384. The van der Waals surface area contributed by atoms with Crippen LogP contribution in [0.15, 0.2) is 35.7 Å². The fourth-order valence-corrected chi connectivity index (χ4v) is 4.54. The number of carbonyl (C=O) groups excluding carboxylic acids is 1. The summed E-state index contributed by atoms with van der Waals surface area (Å²) >= 11 is 7.76. The first-order valence-corrected chi connectivity index (χ1v) is 9.04.